The van der Waals surface area contributed by atoms with Crippen LogP contribution in [-0.2, 0) is 8.26 Å². The lowest BCUT2D eigenvalue weighted by atomic mass is 11.0. The van der Waals surface area contributed by atoms with E-state index >= 15 is 0 Å². The van der Waals surface area contributed by atoms with Crippen molar-refractivity contribution in [1.82, 2.24) is 9.97 Å². The zero-order valence-corrected chi connectivity index (χ0v) is 6.99. The molecule has 0 saturated heterocycles. The third-order valence-corrected chi connectivity index (χ3v) is 0.406. The number of H-pyrrole nitrogens is 1. The second-order valence-electron chi connectivity index (χ2n) is 1.14. The average Bonchev–Trinajstić information content (AvgIpc) is 2.07. The first-order chi connectivity index (χ1) is 4.50. The van der Waals surface area contributed by atoms with Gasteiger partial charge >= 0.3 is 8.26 Å². The summed E-state index contributed by atoms with van der Waals surface area (Å²) >= 11 is 0. The van der Waals surface area contributed by atoms with Gasteiger partial charge in [-0.1, -0.05) is 0 Å². The monoisotopic (exact) mass is 202 g/mol. The summed E-state index contributed by atoms with van der Waals surface area (Å²) in [5.74, 6) is 0. The van der Waals surface area contributed by atoms with Gasteiger partial charge in [-0.05, 0) is 0 Å². The van der Waals surface area contributed by atoms with Gasteiger partial charge in [-0.25, -0.2) is 4.98 Å². The summed E-state index contributed by atoms with van der Waals surface area (Å²) in [6.07, 6.45) is 5.08. The molecule has 1 heterocycles. The van der Waals surface area contributed by atoms with E-state index in [1.165, 1.54) is 0 Å². The van der Waals surface area contributed by atoms with Gasteiger partial charge in [0.15, 0.2) is 0 Å². The van der Waals surface area contributed by atoms with Crippen LogP contribution >= 0.6 is 21.4 Å². The zero-order chi connectivity index (χ0) is 8.04. The SMILES string of the molecule is O=S(=O)(Cl)Cl.c1c[nH]cn1. The van der Waals surface area contributed by atoms with Gasteiger partial charge in [-0.15, -0.1) is 0 Å². The van der Waals surface area contributed by atoms with Gasteiger partial charge in [0, 0.05) is 33.8 Å². The Hall–Kier alpha value is -0.260. The number of imidazole rings is 1. The standard InChI is InChI=1S/C3H4N2.Cl2O2S/c1-2-5-3-4-1;1-5(2,3)4/h1-3H,(H,4,5);. The van der Waals surface area contributed by atoms with Crippen LogP contribution in [0.2, 0.25) is 0 Å². The van der Waals surface area contributed by atoms with Crippen LogP contribution < -0.4 is 0 Å². The van der Waals surface area contributed by atoms with E-state index in [1.807, 2.05) is 0 Å². The molecule has 1 N–H and O–H groups in total. The van der Waals surface area contributed by atoms with Crippen LogP contribution in [0.4, 0.5) is 0 Å². The molecule has 0 radical (unpaired) electrons. The fourth-order valence-corrected chi connectivity index (χ4v) is 0.215. The first kappa shape index (κ1) is 9.74. The molecule has 0 spiro atoms. The molecule has 0 atom stereocenters. The van der Waals surface area contributed by atoms with Crippen LogP contribution in [0, 0.1) is 0 Å². The maximum Gasteiger partial charge on any atom is 0.317 e. The van der Waals surface area contributed by atoms with Gasteiger partial charge in [0.1, 0.15) is 0 Å². The molecule has 10 heavy (non-hydrogen) atoms. The van der Waals surface area contributed by atoms with Crippen molar-refractivity contribution in [3.05, 3.63) is 18.7 Å². The predicted octanol–water partition coefficient (Wildman–Crippen LogP) is 1.12. The van der Waals surface area contributed by atoms with Crippen molar-refractivity contribution in [1.29, 1.82) is 0 Å². The molecule has 1 aromatic heterocycles. The molecule has 0 aromatic carbocycles. The molecular weight excluding hydrogens is 199 g/mol. The molecule has 1 aromatic rings. The Morgan fingerprint density at radius 2 is 1.90 bits per heavy atom. The van der Waals surface area contributed by atoms with Gasteiger partial charge in [-0.2, -0.15) is 8.42 Å². The van der Waals surface area contributed by atoms with Gasteiger partial charge < -0.3 is 4.98 Å². The quantitative estimate of drug-likeness (QED) is 0.642. The molecule has 0 aliphatic rings. The Morgan fingerprint density at radius 1 is 1.40 bits per heavy atom. The maximum atomic E-state index is 9.16. The number of rotatable bonds is 0. The summed E-state index contributed by atoms with van der Waals surface area (Å²) in [6.45, 7) is 0. The van der Waals surface area contributed by atoms with Crippen molar-refractivity contribution < 1.29 is 8.42 Å². The van der Waals surface area contributed by atoms with E-state index in [4.69, 9.17) is 8.42 Å². The first-order valence-electron chi connectivity index (χ1n) is 2.07. The second kappa shape index (κ2) is 4.54. The highest BCUT2D eigenvalue weighted by Crippen LogP contribution is 1.98. The van der Waals surface area contributed by atoms with E-state index in [-0.39, 0.29) is 0 Å². The van der Waals surface area contributed by atoms with E-state index in [0.29, 0.717) is 0 Å². The lowest BCUT2D eigenvalue weighted by Crippen LogP contribution is -1.63. The number of halogens is 2. The third-order valence-electron chi connectivity index (χ3n) is 0.406. The number of nitrogens with one attached hydrogen (secondary N) is 1. The van der Waals surface area contributed by atoms with E-state index < -0.39 is 8.26 Å². The van der Waals surface area contributed by atoms with Gasteiger partial charge in [-0.3, -0.25) is 0 Å². The molecule has 0 bridgehead atoms. The lowest BCUT2D eigenvalue weighted by Gasteiger charge is -1.61. The highest BCUT2D eigenvalue weighted by molar-refractivity contribution is 8.31. The largest absolute Gasteiger partial charge is 0.351 e. The van der Waals surface area contributed by atoms with Crippen molar-refractivity contribution in [2.45, 2.75) is 0 Å². The Kier molecular flexibility index (Phi) is 4.42. The first-order valence-corrected chi connectivity index (χ1v) is 5.20. The molecule has 4 nitrogen and oxygen atoms in total. The Balaban J connectivity index is 0.000000162. The van der Waals surface area contributed by atoms with Crippen molar-refractivity contribution in [3.8, 4) is 0 Å². The van der Waals surface area contributed by atoms with Crippen molar-refractivity contribution in [3.63, 3.8) is 0 Å². The summed E-state index contributed by atoms with van der Waals surface area (Å²) in [4.78, 5) is 6.42. The summed E-state index contributed by atoms with van der Waals surface area (Å²) < 4.78 is 18.3. The Labute approximate surface area is 67.1 Å². The van der Waals surface area contributed by atoms with Crippen LogP contribution in [0.15, 0.2) is 18.7 Å². The van der Waals surface area contributed by atoms with E-state index in [1.54, 1.807) is 18.7 Å². The lowest BCUT2D eigenvalue weighted by molar-refractivity contribution is 0.621. The molecule has 0 aliphatic heterocycles. The summed E-state index contributed by atoms with van der Waals surface area (Å²) in [6, 6.07) is 0. The van der Waals surface area contributed by atoms with Crippen molar-refractivity contribution >= 4 is 29.6 Å². The van der Waals surface area contributed by atoms with Crippen LogP contribution in [0.5, 0.6) is 0 Å². The van der Waals surface area contributed by atoms with Crippen LogP contribution in [0.1, 0.15) is 0 Å². The van der Waals surface area contributed by atoms with E-state index in [2.05, 4.69) is 31.3 Å². The highest BCUT2D eigenvalue weighted by Gasteiger charge is 1.88. The van der Waals surface area contributed by atoms with Gasteiger partial charge in [0.25, 0.3) is 0 Å². The Bertz CT molecular complexity index is 218. The van der Waals surface area contributed by atoms with E-state index in [9.17, 15) is 0 Å². The van der Waals surface area contributed by atoms with Crippen LogP contribution in [-0.4, -0.2) is 18.4 Å². The molecule has 7 heteroatoms. The molecule has 0 aliphatic carbocycles. The number of aromatic amines is 1. The van der Waals surface area contributed by atoms with Gasteiger partial charge in [0.05, 0.1) is 6.33 Å². The maximum absolute atomic E-state index is 9.16. The van der Waals surface area contributed by atoms with Crippen LogP contribution in [0.25, 0.3) is 0 Å². The zero-order valence-electron chi connectivity index (χ0n) is 4.66. The third kappa shape index (κ3) is 15.6. The van der Waals surface area contributed by atoms with Gasteiger partial charge in [0.2, 0.25) is 0 Å². The number of hydrogen-bond donors (Lipinski definition) is 1. The number of nitrogens with zero attached hydrogens (tertiary/aromatic N) is 1. The number of aromatic nitrogens is 2. The molecule has 0 amide bonds. The summed E-state index contributed by atoms with van der Waals surface area (Å²) in [7, 11) is 4.81. The number of hydrogen-bond acceptors (Lipinski definition) is 3. The fourth-order valence-electron chi connectivity index (χ4n) is 0.215. The van der Waals surface area contributed by atoms with E-state index in [0.717, 1.165) is 0 Å². The minimum atomic E-state index is -3.72. The predicted molar refractivity (Wildman–Crippen MR) is 39.2 cm³/mol. The Morgan fingerprint density at radius 3 is 2.00 bits per heavy atom. The van der Waals surface area contributed by atoms with Crippen molar-refractivity contribution in [2.75, 3.05) is 0 Å². The molecule has 0 saturated carbocycles. The molecule has 0 unspecified atom stereocenters. The second-order valence-corrected chi connectivity index (χ2v) is 4.81. The minimum Gasteiger partial charge on any atom is -0.351 e. The average molecular weight is 203 g/mol. The molecule has 1 rings (SSSR count). The van der Waals surface area contributed by atoms with Crippen molar-refractivity contribution in [2.24, 2.45) is 0 Å². The molecule has 0 fully saturated rings. The normalized spacial score (nSPS) is 9.80. The summed E-state index contributed by atoms with van der Waals surface area (Å²) in [5, 5.41) is 0. The minimum absolute atomic E-state index is 1.62. The smallest absolute Gasteiger partial charge is 0.317 e. The van der Waals surface area contributed by atoms with Crippen LogP contribution in [0.3, 0.4) is 0 Å². The summed E-state index contributed by atoms with van der Waals surface area (Å²) in [5.41, 5.74) is 0. The molecular formula is C3H4Cl2N2O2S. The highest BCUT2D eigenvalue weighted by atomic mass is 36.0. The fraction of sp³-hybridized carbons (Fsp3) is 0. The topological polar surface area (TPSA) is 62.8 Å². The molecule has 58 valence electrons.